The Morgan fingerprint density at radius 2 is 2.29 bits per heavy atom. The first-order chi connectivity index (χ1) is 11.5. The Bertz CT molecular complexity index is 600. The van der Waals surface area contributed by atoms with Gasteiger partial charge in [-0.2, -0.15) is 4.98 Å². The zero-order valence-corrected chi connectivity index (χ0v) is 13.3. The van der Waals surface area contributed by atoms with E-state index in [1.54, 1.807) is 0 Å². The molecule has 1 aliphatic heterocycles. The summed E-state index contributed by atoms with van der Waals surface area (Å²) < 4.78 is 36.1. The van der Waals surface area contributed by atoms with Gasteiger partial charge in [-0.3, -0.25) is 4.79 Å². The Morgan fingerprint density at radius 3 is 2.92 bits per heavy atom. The maximum atomic E-state index is 12.8. The number of amides is 1. The lowest BCUT2D eigenvalue weighted by molar-refractivity contribution is -0.135. The number of rotatable bonds is 6. The van der Waals surface area contributed by atoms with Crippen molar-refractivity contribution < 1.29 is 23.0 Å². The normalized spacial score (nSPS) is 22.7. The SMILES string of the molecule is COc1nc(OC2CC(F)(F)C2)cnc1CNC(=O)C1CCCN1. The highest BCUT2D eigenvalue weighted by molar-refractivity contribution is 5.81. The van der Waals surface area contributed by atoms with Gasteiger partial charge >= 0.3 is 0 Å². The van der Waals surface area contributed by atoms with Crippen LogP contribution in [0.2, 0.25) is 0 Å². The average Bonchev–Trinajstić information content (AvgIpc) is 3.06. The molecule has 1 saturated heterocycles. The zero-order chi connectivity index (χ0) is 17.2. The van der Waals surface area contributed by atoms with Crippen molar-refractivity contribution in [2.24, 2.45) is 0 Å². The summed E-state index contributed by atoms with van der Waals surface area (Å²) >= 11 is 0. The molecule has 132 valence electrons. The van der Waals surface area contributed by atoms with E-state index in [4.69, 9.17) is 9.47 Å². The number of aromatic nitrogens is 2. The number of nitrogens with one attached hydrogen (secondary N) is 2. The molecule has 1 unspecified atom stereocenters. The molecule has 0 radical (unpaired) electrons. The van der Waals surface area contributed by atoms with Crippen LogP contribution in [0.25, 0.3) is 0 Å². The summed E-state index contributed by atoms with van der Waals surface area (Å²) in [6.07, 6.45) is 1.96. The van der Waals surface area contributed by atoms with E-state index in [1.165, 1.54) is 13.3 Å². The number of hydrogen-bond donors (Lipinski definition) is 2. The lowest BCUT2D eigenvalue weighted by Crippen LogP contribution is -2.43. The van der Waals surface area contributed by atoms with Gasteiger partial charge in [-0.25, -0.2) is 13.8 Å². The van der Waals surface area contributed by atoms with Gasteiger partial charge in [-0.1, -0.05) is 0 Å². The van der Waals surface area contributed by atoms with E-state index in [0.717, 1.165) is 19.4 Å². The van der Waals surface area contributed by atoms with Gasteiger partial charge in [0.15, 0.2) is 0 Å². The topological polar surface area (TPSA) is 85.4 Å². The third kappa shape index (κ3) is 3.89. The van der Waals surface area contributed by atoms with E-state index in [-0.39, 0.29) is 43.1 Å². The number of nitrogens with zero attached hydrogens (tertiary/aromatic N) is 2. The van der Waals surface area contributed by atoms with Crippen LogP contribution in [-0.4, -0.2) is 47.6 Å². The van der Waals surface area contributed by atoms with Crippen LogP contribution < -0.4 is 20.1 Å². The molecule has 0 bridgehead atoms. The number of halogens is 2. The summed E-state index contributed by atoms with van der Waals surface area (Å²) in [5.74, 6) is -2.40. The van der Waals surface area contributed by atoms with Crippen LogP contribution in [0.3, 0.4) is 0 Å². The fourth-order valence-corrected chi connectivity index (χ4v) is 2.79. The van der Waals surface area contributed by atoms with E-state index in [0.29, 0.717) is 5.69 Å². The number of ether oxygens (including phenoxy) is 2. The number of hydrogen-bond acceptors (Lipinski definition) is 6. The molecule has 24 heavy (non-hydrogen) atoms. The van der Waals surface area contributed by atoms with Gasteiger partial charge in [0.05, 0.1) is 25.9 Å². The van der Waals surface area contributed by atoms with Crippen LogP contribution in [0.15, 0.2) is 6.20 Å². The van der Waals surface area contributed by atoms with Gasteiger partial charge in [-0.15, -0.1) is 0 Å². The van der Waals surface area contributed by atoms with Crippen molar-refractivity contribution in [3.05, 3.63) is 11.9 Å². The van der Waals surface area contributed by atoms with Crippen LogP contribution in [0, 0.1) is 0 Å². The molecule has 1 amide bonds. The predicted molar refractivity (Wildman–Crippen MR) is 80.1 cm³/mol. The molecular formula is C15H20F2N4O3. The number of methoxy groups -OCH3 is 1. The number of carbonyl (C=O) groups excluding carboxylic acids is 1. The van der Waals surface area contributed by atoms with Crippen molar-refractivity contribution >= 4 is 5.91 Å². The lowest BCUT2D eigenvalue weighted by atomic mass is 9.91. The Kier molecular flexibility index (Phi) is 4.79. The number of carbonyl (C=O) groups is 1. The Morgan fingerprint density at radius 1 is 1.50 bits per heavy atom. The van der Waals surface area contributed by atoms with Crippen LogP contribution in [0.4, 0.5) is 8.78 Å². The highest BCUT2D eigenvalue weighted by atomic mass is 19.3. The largest absolute Gasteiger partial charge is 0.480 e. The van der Waals surface area contributed by atoms with E-state index < -0.39 is 12.0 Å². The molecule has 2 heterocycles. The molecule has 1 aliphatic carbocycles. The second kappa shape index (κ2) is 6.84. The lowest BCUT2D eigenvalue weighted by Gasteiger charge is -2.34. The molecule has 1 aromatic rings. The van der Waals surface area contributed by atoms with Crippen LogP contribution in [0.1, 0.15) is 31.4 Å². The number of alkyl halides is 2. The molecule has 3 rings (SSSR count). The molecule has 2 N–H and O–H groups in total. The van der Waals surface area contributed by atoms with Crippen LogP contribution in [0.5, 0.6) is 11.8 Å². The summed E-state index contributed by atoms with van der Waals surface area (Å²) in [6, 6.07) is -0.174. The van der Waals surface area contributed by atoms with E-state index in [2.05, 4.69) is 20.6 Å². The minimum atomic E-state index is -2.65. The molecule has 0 aromatic carbocycles. The van der Waals surface area contributed by atoms with Crippen molar-refractivity contribution in [3.63, 3.8) is 0 Å². The third-order valence-electron chi connectivity index (χ3n) is 4.13. The molecular weight excluding hydrogens is 322 g/mol. The predicted octanol–water partition coefficient (Wildman–Crippen LogP) is 1.03. The molecule has 7 nitrogen and oxygen atoms in total. The summed E-state index contributed by atoms with van der Waals surface area (Å²) in [6.45, 7) is 1.02. The van der Waals surface area contributed by atoms with Crippen LogP contribution in [-0.2, 0) is 11.3 Å². The minimum Gasteiger partial charge on any atom is -0.480 e. The van der Waals surface area contributed by atoms with Crippen molar-refractivity contribution in [3.8, 4) is 11.8 Å². The van der Waals surface area contributed by atoms with Gasteiger partial charge in [0.1, 0.15) is 11.8 Å². The summed E-state index contributed by atoms with van der Waals surface area (Å²) in [5, 5.41) is 5.90. The Hall–Kier alpha value is -2.03. The van der Waals surface area contributed by atoms with Crippen molar-refractivity contribution in [1.82, 2.24) is 20.6 Å². The van der Waals surface area contributed by atoms with Gasteiger partial charge in [0.25, 0.3) is 5.92 Å². The Balaban J connectivity index is 1.56. The quantitative estimate of drug-likeness (QED) is 0.803. The van der Waals surface area contributed by atoms with Gasteiger partial charge in [0, 0.05) is 12.8 Å². The fourth-order valence-electron chi connectivity index (χ4n) is 2.79. The van der Waals surface area contributed by atoms with Gasteiger partial charge in [0.2, 0.25) is 17.7 Å². The average molecular weight is 342 g/mol. The molecule has 2 aliphatic rings. The van der Waals surface area contributed by atoms with Crippen molar-refractivity contribution in [2.45, 2.75) is 50.3 Å². The highest BCUT2D eigenvalue weighted by Gasteiger charge is 2.47. The molecule has 1 atom stereocenters. The second-order valence-electron chi connectivity index (χ2n) is 6.04. The monoisotopic (exact) mass is 342 g/mol. The highest BCUT2D eigenvalue weighted by Crippen LogP contribution is 2.39. The smallest absolute Gasteiger partial charge is 0.255 e. The first-order valence-corrected chi connectivity index (χ1v) is 7.92. The maximum absolute atomic E-state index is 12.8. The minimum absolute atomic E-state index is 0.0895. The zero-order valence-electron chi connectivity index (χ0n) is 13.3. The first-order valence-electron chi connectivity index (χ1n) is 7.92. The van der Waals surface area contributed by atoms with Crippen LogP contribution >= 0.6 is 0 Å². The van der Waals surface area contributed by atoms with Crippen molar-refractivity contribution in [2.75, 3.05) is 13.7 Å². The molecule has 9 heteroatoms. The second-order valence-corrected chi connectivity index (χ2v) is 6.04. The summed E-state index contributed by atoms with van der Waals surface area (Å²) in [7, 11) is 1.43. The van der Waals surface area contributed by atoms with E-state index in [1.807, 2.05) is 0 Å². The molecule has 1 aromatic heterocycles. The molecule has 2 fully saturated rings. The van der Waals surface area contributed by atoms with Gasteiger partial charge < -0.3 is 20.1 Å². The third-order valence-corrected chi connectivity index (χ3v) is 4.13. The Labute approximate surface area is 138 Å². The van der Waals surface area contributed by atoms with Crippen molar-refractivity contribution in [1.29, 1.82) is 0 Å². The summed E-state index contributed by atoms with van der Waals surface area (Å²) in [5.41, 5.74) is 0.454. The van der Waals surface area contributed by atoms with E-state index >= 15 is 0 Å². The standard InChI is InChI=1S/C15H20F2N4O3/c1-23-14-11(7-20-13(22)10-3-2-4-18-10)19-8-12(21-14)24-9-5-15(16,17)6-9/h8-10,18H,2-7H2,1H3,(H,20,22). The summed E-state index contributed by atoms with van der Waals surface area (Å²) in [4.78, 5) is 20.3. The van der Waals surface area contributed by atoms with E-state index in [9.17, 15) is 13.6 Å². The van der Waals surface area contributed by atoms with Gasteiger partial charge in [-0.05, 0) is 19.4 Å². The molecule has 0 spiro atoms. The first kappa shape index (κ1) is 16.8. The molecule has 1 saturated carbocycles. The fraction of sp³-hybridized carbons (Fsp3) is 0.667. The maximum Gasteiger partial charge on any atom is 0.255 e.